The van der Waals surface area contributed by atoms with Gasteiger partial charge >= 0.3 is 11.9 Å². The van der Waals surface area contributed by atoms with Gasteiger partial charge in [0.1, 0.15) is 0 Å². The molecule has 2 aliphatic rings. The molecule has 0 aliphatic heterocycles. The molecule has 0 saturated heterocycles. The summed E-state index contributed by atoms with van der Waals surface area (Å²) in [5.41, 5.74) is 11.0. The summed E-state index contributed by atoms with van der Waals surface area (Å²) in [6.45, 7) is 1.43. The van der Waals surface area contributed by atoms with E-state index >= 15 is 0 Å². The molecule has 6 N–H and O–H groups in total. The van der Waals surface area contributed by atoms with E-state index < -0.39 is 11.9 Å². The SMILES string of the molecule is Cl.Cl.NC[C@H]1CC[C@H](C(=O)O)CC1.NC[C@H]1CC[C@H](C(=O)O)CC1. The van der Waals surface area contributed by atoms with Gasteiger partial charge in [-0.1, -0.05) is 0 Å². The van der Waals surface area contributed by atoms with Crippen LogP contribution in [-0.4, -0.2) is 35.2 Å². The number of carbonyl (C=O) groups is 2. The van der Waals surface area contributed by atoms with Gasteiger partial charge in [-0.15, -0.1) is 24.8 Å². The van der Waals surface area contributed by atoms with Gasteiger partial charge in [-0.05, 0) is 76.3 Å². The number of rotatable bonds is 4. The minimum Gasteiger partial charge on any atom is -0.481 e. The molecule has 2 aliphatic carbocycles. The van der Waals surface area contributed by atoms with Crippen molar-refractivity contribution in [3.8, 4) is 0 Å². The molecular formula is C16H32Cl2N2O4. The summed E-state index contributed by atoms with van der Waals surface area (Å²) in [7, 11) is 0. The standard InChI is InChI=1S/2C8H15NO2.2ClH/c2*9-5-6-1-3-7(4-2-6)8(10)11;;/h2*6-7H,1-5,9H2,(H,10,11);2*1H/t2*6-,7-;;. The van der Waals surface area contributed by atoms with E-state index in [2.05, 4.69) is 0 Å². The molecule has 0 heterocycles. The van der Waals surface area contributed by atoms with Crippen molar-refractivity contribution in [2.75, 3.05) is 13.1 Å². The lowest BCUT2D eigenvalue weighted by Crippen LogP contribution is -2.25. The van der Waals surface area contributed by atoms with Crippen LogP contribution in [0.2, 0.25) is 0 Å². The van der Waals surface area contributed by atoms with Crippen molar-refractivity contribution >= 4 is 36.8 Å². The first kappa shape index (κ1) is 25.7. The van der Waals surface area contributed by atoms with Gasteiger partial charge in [0.05, 0.1) is 11.8 Å². The average molecular weight is 387 g/mol. The Morgan fingerprint density at radius 3 is 1.08 bits per heavy atom. The predicted octanol–water partition coefficient (Wildman–Crippen LogP) is 2.52. The van der Waals surface area contributed by atoms with Crippen molar-refractivity contribution in [1.29, 1.82) is 0 Å². The maximum atomic E-state index is 10.5. The van der Waals surface area contributed by atoms with E-state index in [1.165, 1.54) is 0 Å². The van der Waals surface area contributed by atoms with Crippen LogP contribution in [0.5, 0.6) is 0 Å². The Morgan fingerprint density at radius 1 is 0.667 bits per heavy atom. The van der Waals surface area contributed by atoms with Gasteiger partial charge in [0.2, 0.25) is 0 Å². The highest BCUT2D eigenvalue weighted by atomic mass is 35.5. The molecule has 144 valence electrons. The van der Waals surface area contributed by atoms with Crippen molar-refractivity contribution in [3.63, 3.8) is 0 Å². The molecule has 6 nitrogen and oxygen atoms in total. The van der Waals surface area contributed by atoms with Crippen LogP contribution < -0.4 is 11.5 Å². The van der Waals surface area contributed by atoms with Gasteiger partial charge in [-0.2, -0.15) is 0 Å². The molecule has 0 amide bonds. The fraction of sp³-hybridized carbons (Fsp3) is 0.875. The molecule has 2 saturated carbocycles. The fourth-order valence-corrected chi connectivity index (χ4v) is 3.29. The van der Waals surface area contributed by atoms with E-state index in [9.17, 15) is 9.59 Å². The van der Waals surface area contributed by atoms with Crippen LogP contribution >= 0.6 is 24.8 Å². The van der Waals surface area contributed by atoms with Crippen molar-refractivity contribution < 1.29 is 19.8 Å². The van der Waals surface area contributed by atoms with E-state index in [1.54, 1.807) is 0 Å². The summed E-state index contributed by atoms with van der Waals surface area (Å²) in [5.74, 6) is -0.326. The van der Waals surface area contributed by atoms with E-state index in [1.807, 2.05) is 0 Å². The smallest absolute Gasteiger partial charge is 0.306 e. The van der Waals surface area contributed by atoms with Gasteiger partial charge in [-0.3, -0.25) is 9.59 Å². The summed E-state index contributed by atoms with van der Waals surface area (Å²) in [4.78, 5) is 21.0. The number of hydrogen-bond donors (Lipinski definition) is 4. The summed E-state index contributed by atoms with van der Waals surface area (Å²) in [6, 6.07) is 0. The second kappa shape index (κ2) is 13.7. The molecule has 0 aromatic heterocycles. The second-order valence-corrected chi connectivity index (χ2v) is 6.58. The highest BCUT2D eigenvalue weighted by Crippen LogP contribution is 2.28. The third-order valence-electron chi connectivity index (χ3n) is 5.06. The van der Waals surface area contributed by atoms with Crippen molar-refractivity contribution in [3.05, 3.63) is 0 Å². The molecule has 0 bridgehead atoms. The van der Waals surface area contributed by atoms with Crippen LogP contribution in [0, 0.1) is 23.7 Å². The highest BCUT2D eigenvalue weighted by molar-refractivity contribution is 5.85. The van der Waals surface area contributed by atoms with E-state index in [-0.39, 0.29) is 36.6 Å². The third kappa shape index (κ3) is 9.06. The van der Waals surface area contributed by atoms with E-state index in [0.717, 1.165) is 51.4 Å². The van der Waals surface area contributed by atoms with E-state index in [4.69, 9.17) is 21.7 Å². The lowest BCUT2D eigenvalue weighted by Gasteiger charge is -2.24. The zero-order valence-electron chi connectivity index (χ0n) is 14.1. The van der Waals surface area contributed by atoms with Crippen molar-refractivity contribution in [2.24, 2.45) is 35.1 Å². The van der Waals surface area contributed by atoms with Crippen LogP contribution in [0.25, 0.3) is 0 Å². The molecule has 0 aromatic rings. The topological polar surface area (TPSA) is 127 Å². The van der Waals surface area contributed by atoms with Gasteiger partial charge < -0.3 is 21.7 Å². The minimum atomic E-state index is -0.638. The molecule has 8 heteroatoms. The number of halogens is 2. The van der Waals surface area contributed by atoms with E-state index in [0.29, 0.717) is 24.9 Å². The Balaban J connectivity index is 0. The number of aliphatic carboxylic acids is 2. The third-order valence-corrected chi connectivity index (χ3v) is 5.06. The first-order valence-electron chi connectivity index (χ1n) is 8.33. The van der Waals surface area contributed by atoms with Crippen LogP contribution in [0.3, 0.4) is 0 Å². The predicted molar refractivity (Wildman–Crippen MR) is 98.8 cm³/mol. The average Bonchev–Trinajstić information content (AvgIpc) is 2.55. The van der Waals surface area contributed by atoms with Crippen LogP contribution in [0.15, 0.2) is 0 Å². The number of nitrogens with two attached hydrogens (primary N) is 2. The van der Waals surface area contributed by atoms with Crippen molar-refractivity contribution in [1.82, 2.24) is 0 Å². The Bertz CT molecular complexity index is 322. The maximum absolute atomic E-state index is 10.5. The number of hydrogen-bond acceptors (Lipinski definition) is 4. The Hall–Kier alpha value is -0.560. The summed E-state index contributed by atoms with van der Waals surface area (Å²) < 4.78 is 0. The lowest BCUT2D eigenvalue weighted by molar-refractivity contribution is -0.144. The Morgan fingerprint density at radius 2 is 0.917 bits per heavy atom. The Labute approximate surface area is 156 Å². The minimum absolute atomic E-state index is 0. The molecule has 0 radical (unpaired) electrons. The molecule has 24 heavy (non-hydrogen) atoms. The Kier molecular flexibility index (Phi) is 14.7. The second-order valence-electron chi connectivity index (χ2n) is 6.58. The van der Waals surface area contributed by atoms with Gasteiger partial charge in [0, 0.05) is 0 Å². The number of carboxylic acid groups (broad SMARTS) is 2. The first-order valence-corrected chi connectivity index (χ1v) is 8.33. The summed E-state index contributed by atoms with van der Waals surface area (Å²) >= 11 is 0. The summed E-state index contributed by atoms with van der Waals surface area (Å²) in [6.07, 6.45) is 7.24. The van der Waals surface area contributed by atoms with Gasteiger partial charge in [-0.25, -0.2) is 0 Å². The summed E-state index contributed by atoms with van der Waals surface area (Å²) in [5, 5.41) is 17.3. The van der Waals surface area contributed by atoms with Crippen LogP contribution in [0.1, 0.15) is 51.4 Å². The van der Waals surface area contributed by atoms with Gasteiger partial charge in [0.25, 0.3) is 0 Å². The fourth-order valence-electron chi connectivity index (χ4n) is 3.29. The molecule has 0 atom stereocenters. The molecule has 2 rings (SSSR count). The molecule has 2 fully saturated rings. The molecule has 0 unspecified atom stereocenters. The quantitative estimate of drug-likeness (QED) is 0.587. The molecule has 0 spiro atoms. The van der Waals surface area contributed by atoms with Crippen LogP contribution in [0.4, 0.5) is 0 Å². The zero-order valence-corrected chi connectivity index (χ0v) is 15.7. The first-order chi connectivity index (χ1) is 10.5. The largest absolute Gasteiger partial charge is 0.481 e. The van der Waals surface area contributed by atoms with Gasteiger partial charge in [0.15, 0.2) is 0 Å². The molecule has 0 aromatic carbocycles. The highest BCUT2D eigenvalue weighted by Gasteiger charge is 2.25. The zero-order chi connectivity index (χ0) is 16.5. The lowest BCUT2D eigenvalue weighted by atomic mass is 9.82. The molecular weight excluding hydrogens is 355 g/mol. The number of carboxylic acids is 2. The van der Waals surface area contributed by atoms with Crippen LogP contribution in [-0.2, 0) is 9.59 Å². The monoisotopic (exact) mass is 386 g/mol. The maximum Gasteiger partial charge on any atom is 0.306 e. The van der Waals surface area contributed by atoms with Crippen molar-refractivity contribution in [2.45, 2.75) is 51.4 Å². The normalized spacial score (nSPS) is 29.1.